The number of hydrogen-bond acceptors (Lipinski definition) is 1. The van der Waals surface area contributed by atoms with Crippen LogP contribution in [0.2, 0.25) is 10.0 Å². The minimum absolute atomic E-state index is 0.301. The van der Waals surface area contributed by atoms with Crippen molar-refractivity contribution < 1.29 is 0 Å². The Balaban J connectivity index is 1.98. The Morgan fingerprint density at radius 2 is 1.68 bits per heavy atom. The zero-order valence-electron chi connectivity index (χ0n) is 11.1. The molecule has 1 atom stereocenters. The number of benzene rings is 2. The maximum absolute atomic E-state index is 6.00. The number of nitrogens with one attached hydrogen (secondary N) is 1. The second-order valence-electron chi connectivity index (χ2n) is 4.76. The summed E-state index contributed by atoms with van der Waals surface area (Å²) in [4.78, 5) is 0. The molecule has 0 radical (unpaired) electrons. The monoisotopic (exact) mass is 293 g/mol. The highest BCUT2D eigenvalue weighted by atomic mass is 35.5. The van der Waals surface area contributed by atoms with Crippen LogP contribution in [0, 0.1) is 6.92 Å². The first-order valence-corrected chi connectivity index (χ1v) is 7.06. The van der Waals surface area contributed by atoms with Crippen molar-refractivity contribution in [1.29, 1.82) is 0 Å². The minimum atomic E-state index is 0.301. The molecule has 0 bridgehead atoms. The summed E-state index contributed by atoms with van der Waals surface area (Å²) in [6.07, 6.45) is 0. The van der Waals surface area contributed by atoms with E-state index in [1.165, 1.54) is 11.1 Å². The highest BCUT2D eigenvalue weighted by Gasteiger charge is 2.05. The first-order chi connectivity index (χ1) is 9.06. The molecule has 2 rings (SSSR count). The lowest BCUT2D eigenvalue weighted by Gasteiger charge is -2.15. The van der Waals surface area contributed by atoms with Crippen LogP contribution in [-0.4, -0.2) is 0 Å². The SMILES string of the molecule is Cc1ccc([C@@H](C)NCc2ccc(Cl)c(Cl)c2)cc1. The van der Waals surface area contributed by atoms with Gasteiger partial charge in [0.05, 0.1) is 10.0 Å². The van der Waals surface area contributed by atoms with Gasteiger partial charge in [-0.25, -0.2) is 0 Å². The van der Waals surface area contributed by atoms with Crippen LogP contribution in [0.5, 0.6) is 0 Å². The van der Waals surface area contributed by atoms with Crippen molar-refractivity contribution in [2.45, 2.75) is 26.4 Å². The van der Waals surface area contributed by atoms with Gasteiger partial charge in [0, 0.05) is 12.6 Å². The van der Waals surface area contributed by atoms with E-state index in [1.807, 2.05) is 18.2 Å². The molecule has 3 heteroatoms. The summed E-state index contributed by atoms with van der Waals surface area (Å²) in [5, 5.41) is 4.67. The Labute approximate surface area is 124 Å². The Kier molecular flexibility index (Phi) is 4.87. The van der Waals surface area contributed by atoms with Gasteiger partial charge in [-0.1, -0.05) is 59.1 Å². The van der Waals surface area contributed by atoms with Crippen LogP contribution in [-0.2, 0) is 6.54 Å². The van der Waals surface area contributed by atoms with Crippen LogP contribution in [0.3, 0.4) is 0 Å². The molecule has 0 fully saturated rings. The molecule has 0 saturated carbocycles. The fraction of sp³-hybridized carbons (Fsp3) is 0.250. The van der Waals surface area contributed by atoms with E-state index >= 15 is 0 Å². The Morgan fingerprint density at radius 3 is 2.32 bits per heavy atom. The van der Waals surface area contributed by atoms with Crippen molar-refractivity contribution in [3.8, 4) is 0 Å². The predicted octanol–water partition coefficient (Wildman–Crippen LogP) is 5.15. The quantitative estimate of drug-likeness (QED) is 0.822. The number of halogens is 2. The molecular formula is C16H17Cl2N. The number of hydrogen-bond donors (Lipinski definition) is 1. The summed E-state index contributed by atoms with van der Waals surface area (Å²) in [6, 6.07) is 14.6. The maximum atomic E-state index is 6.00. The zero-order chi connectivity index (χ0) is 13.8. The van der Waals surface area contributed by atoms with Crippen molar-refractivity contribution in [1.82, 2.24) is 5.32 Å². The van der Waals surface area contributed by atoms with E-state index in [4.69, 9.17) is 23.2 Å². The molecule has 0 aliphatic rings. The molecule has 19 heavy (non-hydrogen) atoms. The Bertz CT molecular complexity index is 549. The van der Waals surface area contributed by atoms with Gasteiger partial charge in [0.2, 0.25) is 0 Å². The van der Waals surface area contributed by atoms with E-state index in [0.29, 0.717) is 16.1 Å². The van der Waals surface area contributed by atoms with Crippen LogP contribution >= 0.6 is 23.2 Å². The smallest absolute Gasteiger partial charge is 0.0595 e. The fourth-order valence-corrected chi connectivity index (χ4v) is 2.21. The van der Waals surface area contributed by atoms with E-state index in [-0.39, 0.29) is 0 Å². The van der Waals surface area contributed by atoms with E-state index in [9.17, 15) is 0 Å². The molecule has 100 valence electrons. The van der Waals surface area contributed by atoms with Gasteiger partial charge in [-0.2, -0.15) is 0 Å². The van der Waals surface area contributed by atoms with Crippen LogP contribution in [0.1, 0.15) is 29.7 Å². The van der Waals surface area contributed by atoms with Crippen molar-refractivity contribution in [2.75, 3.05) is 0 Å². The van der Waals surface area contributed by atoms with E-state index in [1.54, 1.807) is 0 Å². The molecule has 0 aromatic heterocycles. The lowest BCUT2D eigenvalue weighted by atomic mass is 10.1. The second kappa shape index (κ2) is 6.42. The third-order valence-corrected chi connectivity index (χ3v) is 3.91. The molecule has 0 spiro atoms. The summed E-state index contributed by atoms with van der Waals surface area (Å²) < 4.78 is 0. The number of aryl methyl sites for hydroxylation is 1. The summed E-state index contributed by atoms with van der Waals surface area (Å²) in [6.45, 7) is 5.02. The molecule has 0 saturated heterocycles. The zero-order valence-corrected chi connectivity index (χ0v) is 12.6. The van der Waals surface area contributed by atoms with Crippen molar-refractivity contribution in [3.05, 3.63) is 69.2 Å². The van der Waals surface area contributed by atoms with Gasteiger partial charge in [0.1, 0.15) is 0 Å². The second-order valence-corrected chi connectivity index (χ2v) is 5.58. The molecule has 2 aromatic rings. The summed E-state index contributed by atoms with van der Waals surface area (Å²) >= 11 is 11.9. The fourth-order valence-electron chi connectivity index (χ4n) is 1.89. The highest BCUT2D eigenvalue weighted by molar-refractivity contribution is 6.42. The number of rotatable bonds is 4. The average Bonchev–Trinajstić information content (AvgIpc) is 2.40. The van der Waals surface area contributed by atoms with Gasteiger partial charge < -0.3 is 5.32 Å². The highest BCUT2D eigenvalue weighted by Crippen LogP contribution is 2.23. The van der Waals surface area contributed by atoms with Gasteiger partial charge in [-0.15, -0.1) is 0 Å². The first-order valence-electron chi connectivity index (χ1n) is 6.30. The standard InChI is InChI=1S/C16H17Cl2N/c1-11-3-6-14(7-4-11)12(2)19-10-13-5-8-15(17)16(18)9-13/h3-9,12,19H,10H2,1-2H3/t12-/m1/s1. The molecule has 0 aliphatic heterocycles. The van der Waals surface area contributed by atoms with Crippen molar-refractivity contribution in [2.24, 2.45) is 0 Å². The van der Waals surface area contributed by atoms with E-state index in [2.05, 4.69) is 43.4 Å². The van der Waals surface area contributed by atoms with Gasteiger partial charge >= 0.3 is 0 Å². The van der Waals surface area contributed by atoms with Crippen LogP contribution in [0.15, 0.2) is 42.5 Å². The average molecular weight is 294 g/mol. The minimum Gasteiger partial charge on any atom is -0.306 e. The lowest BCUT2D eigenvalue weighted by Crippen LogP contribution is -2.18. The van der Waals surface area contributed by atoms with Crippen LogP contribution in [0.4, 0.5) is 0 Å². The van der Waals surface area contributed by atoms with Gasteiger partial charge in [0.15, 0.2) is 0 Å². The molecule has 1 nitrogen and oxygen atoms in total. The van der Waals surface area contributed by atoms with E-state index < -0.39 is 0 Å². The summed E-state index contributed by atoms with van der Waals surface area (Å²) in [5.41, 5.74) is 3.69. The normalized spacial score (nSPS) is 12.4. The van der Waals surface area contributed by atoms with Crippen LogP contribution < -0.4 is 5.32 Å². The van der Waals surface area contributed by atoms with Gasteiger partial charge in [-0.05, 0) is 37.1 Å². The Morgan fingerprint density at radius 1 is 1.00 bits per heavy atom. The summed E-state index contributed by atoms with van der Waals surface area (Å²) in [7, 11) is 0. The van der Waals surface area contributed by atoms with Gasteiger partial charge in [0.25, 0.3) is 0 Å². The van der Waals surface area contributed by atoms with E-state index in [0.717, 1.165) is 12.1 Å². The van der Waals surface area contributed by atoms with Crippen LogP contribution in [0.25, 0.3) is 0 Å². The maximum Gasteiger partial charge on any atom is 0.0595 e. The molecule has 0 amide bonds. The largest absolute Gasteiger partial charge is 0.306 e. The molecule has 0 unspecified atom stereocenters. The molecular weight excluding hydrogens is 277 g/mol. The third-order valence-electron chi connectivity index (χ3n) is 3.17. The third kappa shape index (κ3) is 3.97. The van der Waals surface area contributed by atoms with Crippen molar-refractivity contribution in [3.63, 3.8) is 0 Å². The molecule has 2 aromatic carbocycles. The molecule has 0 aliphatic carbocycles. The predicted molar refractivity (Wildman–Crippen MR) is 82.9 cm³/mol. The Hall–Kier alpha value is -1.02. The topological polar surface area (TPSA) is 12.0 Å². The molecule has 0 heterocycles. The van der Waals surface area contributed by atoms with Gasteiger partial charge in [-0.3, -0.25) is 0 Å². The first kappa shape index (κ1) is 14.4. The molecule has 1 N–H and O–H groups in total. The van der Waals surface area contributed by atoms with Crippen molar-refractivity contribution >= 4 is 23.2 Å². The summed E-state index contributed by atoms with van der Waals surface area (Å²) in [5.74, 6) is 0. The lowest BCUT2D eigenvalue weighted by molar-refractivity contribution is 0.574.